The standard InChI is InChI=1S/C19H30O3/c1-13-14-6-10-18(3)16(17(14,2)9-7-15(13)20)5-4-8-19(18)21-11-12-22-19/h13-14,16H,4-12H2,1-3H3/t13-,14-,16+,17-,18+/m1/s1. The van der Waals surface area contributed by atoms with Crippen molar-refractivity contribution in [3.8, 4) is 0 Å². The van der Waals surface area contributed by atoms with Crippen molar-refractivity contribution in [2.24, 2.45) is 28.6 Å². The molecule has 3 heteroatoms. The minimum atomic E-state index is -0.339. The third-order valence-corrected chi connectivity index (χ3v) is 8.03. The smallest absolute Gasteiger partial charge is 0.174 e. The van der Waals surface area contributed by atoms with Crippen molar-refractivity contribution < 1.29 is 14.3 Å². The zero-order valence-electron chi connectivity index (χ0n) is 14.3. The van der Waals surface area contributed by atoms with Crippen LogP contribution in [0.1, 0.15) is 65.7 Å². The van der Waals surface area contributed by atoms with Gasteiger partial charge < -0.3 is 9.47 Å². The predicted octanol–water partition coefficient (Wildman–Crippen LogP) is 3.95. The number of hydrogen-bond acceptors (Lipinski definition) is 3. The van der Waals surface area contributed by atoms with E-state index in [1.807, 2.05) is 0 Å². The molecule has 0 amide bonds. The molecule has 3 saturated carbocycles. The van der Waals surface area contributed by atoms with Gasteiger partial charge in [-0.15, -0.1) is 0 Å². The topological polar surface area (TPSA) is 35.5 Å². The lowest BCUT2D eigenvalue weighted by Gasteiger charge is -2.65. The Kier molecular flexibility index (Phi) is 3.30. The van der Waals surface area contributed by atoms with Crippen LogP contribution in [-0.4, -0.2) is 24.8 Å². The summed E-state index contributed by atoms with van der Waals surface area (Å²) < 4.78 is 12.5. The molecule has 1 aliphatic heterocycles. The Labute approximate surface area is 134 Å². The van der Waals surface area contributed by atoms with Crippen molar-refractivity contribution in [3.63, 3.8) is 0 Å². The van der Waals surface area contributed by atoms with Crippen LogP contribution in [0.5, 0.6) is 0 Å². The number of hydrogen-bond donors (Lipinski definition) is 0. The van der Waals surface area contributed by atoms with Gasteiger partial charge in [0.05, 0.1) is 13.2 Å². The summed E-state index contributed by atoms with van der Waals surface area (Å²) in [6, 6.07) is 0. The van der Waals surface area contributed by atoms with E-state index in [1.54, 1.807) is 0 Å². The lowest BCUT2D eigenvalue weighted by atomic mass is 9.42. The van der Waals surface area contributed by atoms with E-state index in [-0.39, 0.29) is 22.5 Å². The number of carbonyl (C=O) groups excluding carboxylic acids is 1. The van der Waals surface area contributed by atoms with Gasteiger partial charge in [0, 0.05) is 24.2 Å². The van der Waals surface area contributed by atoms with Crippen molar-refractivity contribution >= 4 is 5.78 Å². The van der Waals surface area contributed by atoms with Gasteiger partial charge in [-0.1, -0.05) is 20.8 Å². The summed E-state index contributed by atoms with van der Waals surface area (Å²) in [5.74, 6) is 1.58. The molecule has 0 aromatic rings. The first-order chi connectivity index (χ1) is 10.4. The maximum atomic E-state index is 12.2. The van der Waals surface area contributed by atoms with Crippen LogP contribution >= 0.6 is 0 Å². The molecule has 124 valence electrons. The van der Waals surface area contributed by atoms with Gasteiger partial charge in [0.25, 0.3) is 0 Å². The minimum absolute atomic E-state index is 0.118. The van der Waals surface area contributed by atoms with Gasteiger partial charge in [0.1, 0.15) is 5.78 Å². The van der Waals surface area contributed by atoms with Crippen molar-refractivity contribution in [2.75, 3.05) is 13.2 Å². The van der Waals surface area contributed by atoms with Crippen LogP contribution in [0.2, 0.25) is 0 Å². The Morgan fingerprint density at radius 3 is 2.50 bits per heavy atom. The number of fused-ring (bicyclic) bond motifs is 4. The van der Waals surface area contributed by atoms with Crippen LogP contribution in [-0.2, 0) is 14.3 Å². The van der Waals surface area contributed by atoms with Crippen molar-refractivity contribution in [1.82, 2.24) is 0 Å². The maximum absolute atomic E-state index is 12.2. The Balaban J connectivity index is 1.73. The normalized spacial score (nSPS) is 50.7. The molecular weight excluding hydrogens is 276 g/mol. The van der Waals surface area contributed by atoms with E-state index in [4.69, 9.17) is 9.47 Å². The van der Waals surface area contributed by atoms with Crippen LogP contribution in [0.15, 0.2) is 0 Å². The molecule has 1 saturated heterocycles. The molecular formula is C19H30O3. The number of ether oxygens (including phenoxy) is 2. The molecule has 3 aliphatic carbocycles. The molecule has 3 nitrogen and oxygen atoms in total. The molecule has 1 spiro atoms. The number of rotatable bonds is 0. The molecule has 4 fully saturated rings. The zero-order chi connectivity index (χ0) is 15.6. The first-order valence-corrected chi connectivity index (χ1v) is 9.24. The molecule has 0 aromatic carbocycles. The van der Waals surface area contributed by atoms with Crippen LogP contribution in [0.4, 0.5) is 0 Å². The van der Waals surface area contributed by atoms with Gasteiger partial charge in [0.2, 0.25) is 0 Å². The first kappa shape index (κ1) is 15.1. The van der Waals surface area contributed by atoms with Crippen molar-refractivity contribution in [2.45, 2.75) is 71.5 Å². The Morgan fingerprint density at radius 2 is 1.77 bits per heavy atom. The molecule has 0 aromatic heterocycles. The molecule has 5 atom stereocenters. The third-order valence-electron chi connectivity index (χ3n) is 8.03. The molecule has 0 radical (unpaired) electrons. The second-order valence-corrected chi connectivity index (χ2v) is 8.72. The average molecular weight is 306 g/mol. The monoisotopic (exact) mass is 306 g/mol. The summed E-state index contributed by atoms with van der Waals surface area (Å²) in [6.07, 6.45) is 7.67. The van der Waals surface area contributed by atoms with Crippen LogP contribution in [0.3, 0.4) is 0 Å². The fraction of sp³-hybridized carbons (Fsp3) is 0.947. The lowest BCUT2D eigenvalue weighted by Crippen LogP contribution is -2.63. The van der Waals surface area contributed by atoms with Gasteiger partial charge in [-0.2, -0.15) is 0 Å². The van der Waals surface area contributed by atoms with Gasteiger partial charge in [-0.25, -0.2) is 0 Å². The van der Waals surface area contributed by atoms with Crippen molar-refractivity contribution in [1.29, 1.82) is 0 Å². The quantitative estimate of drug-likeness (QED) is 0.680. The maximum Gasteiger partial charge on any atom is 0.174 e. The minimum Gasteiger partial charge on any atom is -0.347 e. The summed E-state index contributed by atoms with van der Waals surface area (Å²) in [5, 5.41) is 0. The van der Waals surface area contributed by atoms with Crippen LogP contribution < -0.4 is 0 Å². The molecule has 4 aliphatic rings. The molecule has 0 N–H and O–H groups in total. The van der Waals surface area contributed by atoms with Gasteiger partial charge in [-0.05, 0) is 49.4 Å². The van der Waals surface area contributed by atoms with E-state index >= 15 is 0 Å². The van der Waals surface area contributed by atoms with Crippen LogP contribution in [0.25, 0.3) is 0 Å². The highest BCUT2D eigenvalue weighted by Gasteiger charge is 2.66. The van der Waals surface area contributed by atoms with Gasteiger partial charge in [-0.3, -0.25) is 4.79 Å². The van der Waals surface area contributed by atoms with Gasteiger partial charge >= 0.3 is 0 Å². The summed E-state index contributed by atoms with van der Waals surface area (Å²) in [6.45, 7) is 8.56. The zero-order valence-corrected chi connectivity index (χ0v) is 14.3. The second kappa shape index (κ2) is 4.80. The second-order valence-electron chi connectivity index (χ2n) is 8.72. The summed E-state index contributed by atoms with van der Waals surface area (Å²) in [4.78, 5) is 12.2. The first-order valence-electron chi connectivity index (χ1n) is 9.24. The lowest BCUT2D eigenvalue weighted by molar-refractivity contribution is -0.301. The van der Waals surface area contributed by atoms with E-state index in [2.05, 4.69) is 20.8 Å². The molecule has 1 heterocycles. The Morgan fingerprint density at radius 1 is 1.05 bits per heavy atom. The third kappa shape index (κ3) is 1.73. The van der Waals surface area contributed by atoms with E-state index in [0.717, 1.165) is 45.3 Å². The average Bonchev–Trinajstić information content (AvgIpc) is 2.96. The number of Topliss-reactive ketones (excluding diaryl/α,β-unsaturated/α-hetero) is 1. The van der Waals surface area contributed by atoms with E-state index < -0.39 is 0 Å². The highest BCUT2D eigenvalue weighted by molar-refractivity contribution is 5.82. The highest BCUT2D eigenvalue weighted by atomic mass is 16.7. The predicted molar refractivity (Wildman–Crippen MR) is 84.3 cm³/mol. The molecule has 4 rings (SSSR count). The molecule has 0 unspecified atom stereocenters. The number of carbonyl (C=O) groups is 1. The summed E-state index contributed by atoms with van der Waals surface area (Å²) in [7, 11) is 0. The Hall–Kier alpha value is -0.410. The largest absolute Gasteiger partial charge is 0.347 e. The highest BCUT2D eigenvalue weighted by Crippen LogP contribution is 2.68. The summed E-state index contributed by atoms with van der Waals surface area (Å²) >= 11 is 0. The SMILES string of the molecule is C[C@H]1C(=O)CC[C@]2(C)[C@@H]1CC[C@@]1(C)[C@H]2CCCC12OCCO2. The van der Waals surface area contributed by atoms with Crippen LogP contribution in [0, 0.1) is 28.6 Å². The number of ketones is 1. The van der Waals surface area contributed by atoms with Crippen molar-refractivity contribution in [3.05, 3.63) is 0 Å². The van der Waals surface area contributed by atoms with E-state index in [0.29, 0.717) is 17.6 Å². The van der Waals surface area contributed by atoms with Gasteiger partial charge in [0.15, 0.2) is 5.79 Å². The fourth-order valence-corrected chi connectivity index (χ4v) is 6.83. The Bertz CT molecular complexity index is 481. The molecule has 0 bridgehead atoms. The van der Waals surface area contributed by atoms with E-state index in [9.17, 15) is 4.79 Å². The summed E-state index contributed by atoms with van der Waals surface area (Å²) in [5.41, 5.74) is 0.399. The van der Waals surface area contributed by atoms with E-state index in [1.165, 1.54) is 12.8 Å². The fourth-order valence-electron chi connectivity index (χ4n) is 6.83. The molecule has 22 heavy (non-hydrogen) atoms.